The molecule has 8 aromatic rings. The van der Waals surface area contributed by atoms with E-state index in [1.54, 1.807) is 66.7 Å². The summed E-state index contributed by atoms with van der Waals surface area (Å²) in [5, 5.41) is 12.0. The van der Waals surface area contributed by atoms with Gasteiger partial charge < -0.3 is 45.1 Å². The van der Waals surface area contributed by atoms with Gasteiger partial charge in [-0.25, -0.2) is 33.7 Å². The van der Waals surface area contributed by atoms with Gasteiger partial charge in [0.05, 0.1) is 16.6 Å². The standard InChI is InChI=1S/C27H32N4O6.C25H22N4O6.C14H11N3O4.C4H10N2O/c1-3-5-15-29(17-14-28-27(36)37-31-22(32)12-13-23(31)33)21-11-10-20-24-18(21)8-7-9-19(24)25(34)30(26(20)35)16-6-4-2;1-3-27(4-2)16-10-9-15-13-17(24(32)34-20(15)14-16)23-26-18-7-5-6-8-19(18)28(23)25(33)35-29-21(30)11-12-22(29)31;18-12-7-8-13(19)17(12)21-14(20)16-11-6-5-9-3-1-2-4-10(9)15-11;1-4(7)6-3-2-5/h7-11H,3-6,12-17H2,1-2H3,(H,28,36);5-10,13-14H,3-4,11-12H2,1-2H3;1-6H,7-8H2,(H,15,16,20);2-3,5H2,1H3,(H,6,7). The Morgan fingerprint density at radius 3 is 1.76 bits per heavy atom. The highest BCUT2D eigenvalue weighted by atomic mass is 16.7. The van der Waals surface area contributed by atoms with Crippen molar-refractivity contribution in [3.05, 3.63) is 137 Å². The molecule has 3 aromatic heterocycles. The van der Waals surface area contributed by atoms with Crippen LogP contribution in [0.4, 0.5) is 31.6 Å². The quantitative estimate of drug-likeness (QED) is 0.0412. The van der Waals surface area contributed by atoms with Crippen molar-refractivity contribution in [1.82, 2.24) is 45.3 Å². The lowest BCUT2D eigenvalue weighted by Crippen LogP contribution is -2.41. The van der Waals surface area contributed by atoms with E-state index >= 15 is 0 Å². The number of anilines is 3. The summed E-state index contributed by atoms with van der Waals surface area (Å²) in [5.74, 6) is -3.65. The number of hydrogen-bond donors (Lipinski definition) is 4. The van der Waals surface area contributed by atoms with Gasteiger partial charge in [-0.15, -0.1) is 15.2 Å². The van der Waals surface area contributed by atoms with Crippen molar-refractivity contribution in [2.45, 2.75) is 98.8 Å². The minimum absolute atomic E-state index is 0.0150. The largest absolute Gasteiger partial charge is 0.445 e. The van der Waals surface area contributed by atoms with Gasteiger partial charge in [-0.05, 0) is 93.4 Å². The van der Waals surface area contributed by atoms with E-state index in [4.69, 9.17) is 24.7 Å². The summed E-state index contributed by atoms with van der Waals surface area (Å²) in [6.45, 7) is 14.1. The molecular weight excluding hydrogens is 1290 g/mol. The summed E-state index contributed by atoms with van der Waals surface area (Å²) < 4.78 is 6.69. The van der Waals surface area contributed by atoms with Gasteiger partial charge in [-0.2, -0.15) is 0 Å². The monoisotopic (exact) mass is 1370 g/mol. The van der Waals surface area contributed by atoms with E-state index in [1.165, 1.54) is 11.8 Å². The number of carbonyl (C=O) groups excluding carboxylic acids is 12. The Balaban J connectivity index is 0.000000172. The first-order chi connectivity index (χ1) is 48.2. The van der Waals surface area contributed by atoms with Crippen LogP contribution in [-0.4, -0.2) is 158 Å². The Bertz CT molecular complexity index is 4500. The number of amides is 11. The molecule has 0 aliphatic carbocycles. The van der Waals surface area contributed by atoms with Crippen LogP contribution >= 0.6 is 0 Å². The lowest BCUT2D eigenvalue weighted by molar-refractivity contribution is -0.172. The molecule has 0 atom stereocenters. The maximum absolute atomic E-state index is 13.2. The maximum Gasteiger partial charge on any atom is 0.445 e. The Morgan fingerprint density at radius 1 is 0.560 bits per heavy atom. The predicted octanol–water partition coefficient (Wildman–Crippen LogP) is 8.27. The summed E-state index contributed by atoms with van der Waals surface area (Å²) in [4.78, 5) is 185. The number of para-hydroxylation sites is 3. The van der Waals surface area contributed by atoms with Crippen LogP contribution in [0.1, 0.15) is 120 Å². The third-order valence-corrected chi connectivity index (χ3v) is 16.2. The van der Waals surface area contributed by atoms with E-state index in [9.17, 15) is 62.3 Å². The predicted molar refractivity (Wildman–Crippen MR) is 365 cm³/mol. The van der Waals surface area contributed by atoms with E-state index < -0.39 is 59.3 Å². The summed E-state index contributed by atoms with van der Waals surface area (Å²) in [7, 11) is 0. The molecule has 0 unspecified atom stereocenters. The fourth-order valence-electron chi connectivity index (χ4n) is 11.2. The highest BCUT2D eigenvalue weighted by Crippen LogP contribution is 2.37. The van der Waals surface area contributed by atoms with Crippen LogP contribution < -0.4 is 37.1 Å². The van der Waals surface area contributed by atoms with Crippen LogP contribution in [0.2, 0.25) is 0 Å². The number of carbonyl (C=O) groups is 12. The molecule has 522 valence electrons. The normalized spacial score (nSPS) is 14.0. The Kier molecular flexibility index (Phi) is 24.1. The first-order valence-electron chi connectivity index (χ1n) is 32.7. The lowest BCUT2D eigenvalue weighted by Gasteiger charge is -2.31. The van der Waals surface area contributed by atoms with E-state index in [1.807, 2.05) is 69.3 Å². The highest BCUT2D eigenvalue weighted by molar-refractivity contribution is 6.27. The molecule has 4 aliphatic rings. The average Bonchev–Trinajstić information content (AvgIpc) is 0.777. The third kappa shape index (κ3) is 16.9. The van der Waals surface area contributed by atoms with Crippen molar-refractivity contribution in [2.75, 3.05) is 67.5 Å². The average molecular weight is 1370 g/mol. The van der Waals surface area contributed by atoms with Crippen molar-refractivity contribution in [3.63, 3.8) is 0 Å². The second-order valence-electron chi connectivity index (χ2n) is 23.0. The minimum atomic E-state index is -1.03. The van der Waals surface area contributed by atoms with Crippen LogP contribution in [0.5, 0.6) is 0 Å². The summed E-state index contributed by atoms with van der Waals surface area (Å²) in [6, 6.07) is 33.9. The number of unbranched alkanes of at least 4 members (excludes halogenated alkanes) is 2. The zero-order valence-corrected chi connectivity index (χ0v) is 55.7. The maximum atomic E-state index is 13.2. The van der Waals surface area contributed by atoms with Crippen LogP contribution in [0.3, 0.4) is 0 Å². The third-order valence-electron chi connectivity index (χ3n) is 16.2. The zero-order valence-electron chi connectivity index (χ0n) is 55.7. The molecule has 0 bridgehead atoms. The molecule has 100 heavy (non-hydrogen) atoms. The molecule has 0 saturated carbocycles. The van der Waals surface area contributed by atoms with Crippen molar-refractivity contribution >= 4 is 132 Å². The molecule has 3 saturated heterocycles. The molecule has 5 aromatic carbocycles. The first-order valence-corrected chi connectivity index (χ1v) is 32.7. The van der Waals surface area contributed by atoms with Crippen molar-refractivity contribution < 1.29 is 76.5 Å². The van der Waals surface area contributed by atoms with E-state index in [0.29, 0.717) is 91.9 Å². The van der Waals surface area contributed by atoms with Gasteiger partial charge in [0.2, 0.25) is 5.91 Å². The minimum Gasteiger partial charge on any atom is -0.422 e. The fraction of sp³-hybridized carbons (Fsp3) is 0.329. The van der Waals surface area contributed by atoms with Crippen LogP contribution in [-0.2, 0) is 48.1 Å². The number of hydroxylamine groups is 6. The second-order valence-corrected chi connectivity index (χ2v) is 23.0. The van der Waals surface area contributed by atoms with E-state index in [-0.39, 0.29) is 80.0 Å². The number of nitrogens with zero attached hydrogens (tertiary/aromatic N) is 9. The van der Waals surface area contributed by atoms with Crippen LogP contribution in [0.25, 0.3) is 55.1 Å². The molecular formula is C70H75N13O17. The van der Waals surface area contributed by atoms with Crippen molar-refractivity contribution in [3.8, 4) is 11.4 Å². The summed E-state index contributed by atoms with van der Waals surface area (Å²) in [5.41, 5.74) is 9.12. The number of fused-ring (bicyclic) bond motifs is 3. The van der Waals surface area contributed by atoms with Gasteiger partial charge in [-0.1, -0.05) is 69.2 Å². The zero-order chi connectivity index (χ0) is 71.7. The van der Waals surface area contributed by atoms with Gasteiger partial charge in [-0.3, -0.25) is 53.4 Å². The number of nitrogens with two attached hydrogens (primary N) is 1. The number of rotatable bonds is 20. The Hall–Kier alpha value is -12.0. The van der Waals surface area contributed by atoms with Gasteiger partial charge in [0.25, 0.3) is 47.3 Å². The van der Waals surface area contributed by atoms with Gasteiger partial charge in [0, 0.05) is 148 Å². The molecule has 12 rings (SSSR count). The number of imide groups is 4. The number of nitrogens with one attached hydrogen (secondary N) is 3. The smallest absolute Gasteiger partial charge is 0.422 e. The van der Waals surface area contributed by atoms with E-state index in [0.717, 1.165) is 65.5 Å². The lowest BCUT2D eigenvalue weighted by atomic mass is 9.92. The number of imidazole rings is 1. The summed E-state index contributed by atoms with van der Waals surface area (Å²) >= 11 is 0. The molecule has 0 radical (unpaired) electrons. The van der Waals surface area contributed by atoms with Gasteiger partial charge in [0.1, 0.15) is 17.0 Å². The van der Waals surface area contributed by atoms with Gasteiger partial charge >= 0.3 is 23.9 Å². The summed E-state index contributed by atoms with van der Waals surface area (Å²) in [6.07, 6.45) is 0.748. The van der Waals surface area contributed by atoms with Crippen LogP contribution in [0, 0.1) is 0 Å². The molecule has 5 N–H and O–H groups in total. The van der Waals surface area contributed by atoms with Crippen molar-refractivity contribution in [1.29, 1.82) is 0 Å². The Labute approximate surface area is 572 Å². The SMILES string of the molecule is CC(=O)NCCN.CCCCN1C(=O)c2cccc3c(N(CCCC)CCNC(=O)ON4C(=O)CCC4=O)ccc(c23)C1=O.CCN(CC)c1ccc2cc(-c3nc4ccccc4n3C(=O)ON3C(=O)CCC3=O)c(=O)oc2c1.O=C(Nc1ccc2ccccc2n1)ON1C(=O)CCC1=O. The number of hydrogen-bond acceptors (Lipinski definition) is 22. The highest BCUT2D eigenvalue weighted by Gasteiger charge is 2.37. The van der Waals surface area contributed by atoms with E-state index in [2.05, 4.69) is 42.6 Å². The fourth-order valence-corrected chi connectivity index (χ4v) is 11.2. The molecule has 30 nitrogen and oxygen atoms in total. The molecule has 30 heteroatoms. The second kappa shape index (κ2) is 33.3. The molecule has 11 amide bonds. The van der Waals surface area contributed by atoms with Crippen LogP contribution in [0.15, 0.2) is 124 Å². The van der Waals surface area contributed by atoms with Crippen molar-refractivity contribution in [2.24, 2.45) is 5.73 Å². The first kappa shape index (κ1) is 72.3. The molecule has 0 spiro atoms. The number of aromatic nitrogens is 3. The van der Waals surface area contributed by atoms with Gasteiger partial charge in [0.15, 0.2) is 5.82 Å². The molecule has 7 heterocycles. The molecule has 3 fully saturated rings. The Morgan fingerprint density at radius 2 is 1.15 bits per heavy atom. The molecule has 4 aliphatic heterocycles. The number of pyridine rings is 1. The number of benzene rings is 5. The topological polar surface area (TPSA) is 375 Å².